The standard InChI is InChI=1S/2C21H25NO4/c2*1-4-13-11-16-12-15(7-10-18(16)22-19(13)21(24)26-3)20(23)14-5-8-17(25-2)9-6-14/h2*7,10-12,14,17H,4-6,8-9H2,1-3H3. The minimum atomic E-state index is -0.432. The van der Waals surface area contributed by atoms with Crippen LogP contribution in [0.25, 0.3) is 21.8 Å². The van der Waals surface area contributed by atoms with Crippen molar-refractivity contribution in [2.75, 3.05) is 28.4 Å². The van der Waals surface area contributed by atoms with Gasteiger partial charge in [-0.2, -0.15) is 0 Å². The largest absolute Gasteiger partial charge is 0.464 e. The number of esters is 2. The number of pyridine rings is 2. The van der Waals surface area contributed by atoms with Crippen LogP contribution in [-0.2, 0) is 31.8 Å². The molecule has 6 rings (SSSR count). The summed E-state index contributed by atoms with van der Waals surface area (Å²) in [6.07, 6.45) is 9.13. The summed E-state index contributed by atoms with van der Waals surface area (Å²) >= 11 is 0. The molecule has 2 aliphatic rings. The first kappa shape index (κ1) is 38.7. The van der Waals surface area contributed by atoms with Gasteiger partial charge in [0.05, 0.1) is 37.5 Å². The summed E-state index contributed by atoms with van der Waals surface area (Å²) in [6.45, 7) is 3.94. The Kier molecular flexibility index (Phi) is 13.2. The van der Waals surface area contributed by atoms with Gasteiger partial charge < -0.3 is 18.9 Å². The molecule has 52 heavy (non-hydrogen) atoms. The van der Waals surface area contributed by atoms with E-state index in [1.54, 1.807) is 14.2 Å². The van der Waals surface area contributed by atoms with Crippen LogP contribution < -0.4 is 0 Å². The Morgan fingerprint density at radius 3 is 1.23 bits per heavy atom. The van der Waals surface area contributed by atoms with E-state index in [0.717, 1.165) is 73.3 Å². The number of ether oxygens (including phenoxy) is 4. The lowest BCUT2D eigenvalue weighted by Gasteiger charge is -2.26. The molecule has 4 aromatic rings. The van der Waals surface area contributed by atoms with Crippen molar-refractivity contribution in [1.29, 1.82) is 0 Å². The second kappa shape index (κ2) is 17.8. The topological polar surface area (TPSA) is 131 Å². The third kappa shape index (κ3) is 8.73. The molecule has 2 aromatic heterocycles. The van der Waals surface area contributed by atoms with Gasteiger partial charge in [-0.1, -0.05) is 13.8 Å². The third-order valence-corrected chi connectivity index (χ3v) is 10.6. The molecule has 0 amide bonds. The van der Waals surface area contributed by atoms with E-state index in [9.17, 15) is 19.2 Å². The van der Waals surface area contributed by atoms with E-state index in [-0.39, 0.29) is 35.6 Å². The van der Waals surface area contributed by atoms with Crippen LogP contribution in [0.15, 0.2) is 48.5 Å². The van der Waals surface area contributed by atoms with E-state index < -0.39 is 11.9 Å². The van der Waals surface area contributed by atoms with Gasteiger partial charge >= 0.3 is 11.9 Å². The fraction of sp³-hybridized carbons (Fsp3) is 0.476. The third-order valence-electron chi connectivity index (χ3n) is 10.6. The lowest BCUT2D eigenvalue weighted by Crippen LogP contribution is -2.25. The van der Waals surface area contributed by atoms with Crippen molar-refractivity contribution in [3.05, 3.63) is 82.2 Å². The predicted octanol–water partition coefficient (Wildman–Crippen LogP) is 7.94. The molecule has 0 bridgehead atoms. The Morgan fingerprint density at radius 1 is 0.558 bits per heavy atom. The smallest absolute Gasteiger partial charge is 0.356 e. The van der Waals surface area contributed by atoms with Crippen LogP contribution in [0.1, 0.15) is 118 Å². The van der Waals surface area contributed by atoms with Gasteiger partial charge in [-0.3, -0.25) is 9.59 Å². The highest BCUT2D eigenvalue weighted by Gasteiger charge is 2.28. The zero-order valence-electron chi connectivity index (χ0n) is 31.2. The number of carbonyl (C=O) groups excluding carboxylic acids is 4. The summed E-state index contributed by atoms with van der Waals surface area (Å²) in [6, 6.07) is 14.9. The van der Waals surface area contributed by atoms with Crippen molar-refractivity contribution in [1.82, 2.24) is 9.97 Å². The molecule has 2 saturated carbocycles. The molecule has 0 N–H and O–H groups in total. The number of benzene rings is 2. The number of methoxy groups -OCH3 is 4. The molecule has 2 aromatic carbocycles. The molecule has 276 valence electrons. The van der Waals surface area contributed by atoms with Gasteiger partial charge in [0.25, 0.3) is 0 Å². The summed E-state index contributed by atoms with van der Waals surface area (Å²) in [4.78, 5) is 58.5. The average molecular weight is 711 g/mol. The van der Waals surface area contributed by atoms with Gasteiger partial charge in [0, 0.05) is 48.0 Å². The Labute approximate surface area is 305 Å². The molecule has 10 heteroatoms. The quantitative estimate of drug-likeness (QED) is 0.118. The molecular weight excluding hydrogens is 660 g/mol. The summed E-state index contributed by atoms with van der Waals surface area (Å²) < 4.78 is 20.4. The summed E-state index contributed by atoms with van der Waals surface area (Å²) in [5, 5.41) is 1.76. The number of Topliss-reactive ketones (excluding diaryl/α,β-unsaturated/α-hetero) is 2. The van der Waals surface area contributed by atoms with Crippen LogP contribution in [0.4, 0.5) is 0 Å². The highest BCUT2D eigenvalue weighted by atomic mass is 16.5. The highest BCUT2D eigenvalue weighted by Crippen LogP contribution is 2.31. The van der Waals surface area contributed by atoms with Gasteiger partial charge in [0.1, 0.15) is 0 Å². The predicted molar refractivity (Wildman–Crippen MR) is 199 cm³/mol. The van der Waals surface area contributed by atoms with Crippen molar-refractivity contribution >= 4 is 45.3 Å². The van der Waals surface area contributed by atoms with Crippen LogP contribution in [0.3, 0.4) is 0 Å². The van der Waals surface area contributed by atoms with E-state index in [1.165, 1.54) is 14.2 Å². The zero-order valence-corrected chi connectivity index (χ0v) is 31.2. The molecule has 2 aliphatic carbocycles. The number of hydrogen-bond donors (Lipinski definition) is 0. The average Bonchev–Trinajstić information content (AvgIpc) is 3.21. The van der Waals surface area contributed by atoms with E-state index >= 15 is 0 Å². The Morgan fingerprint density at radius 2 is 0.923 bits per heavy atom. The van der Waals surface area contributed by atoms with Crippen LogP contribution >= 0.6 is 0 Å². The Hall–Kier alpha value is -4.54. The lowest BCUT2D eigenvalue weighted by molar-refractivity contribution is 0.0515. The second-order valence-corrected chi connectivity index (χ2v) is 13.6. The zero-order chi connectivity index (χ0) is 37.4. The van der Waals surface area contributed by atoms with Crippen molar-refractivity contribution < 1.29 is 38.1 Å². The summed E-state index contributed by atoms with van der Waals surface area (Å²) in [5.74, 6) is -0.357. The van der Waals surface area contributed by atoms with Gasteiger partial charge in [0.15, 0.2) is 23.0 Å². The Balaban J connectivity index is 0.000000201. The minimum absolute atomic E-state index is 0.0618. The molecule has 0 saturated heterocycles. The van der Waals surface area contributed by atoms with Gasteiger partial charge in [-0.05, 0) is 124 Å². The van der Waals surface area contributed by atoms with E-state index in [2.05, 4.69) is 9.97 Å². The number of hydrogen-bond acceptors (Lipinski definition) is 10. The van der Waals surface area contributed by atoms with Gasteiger partial charge in [0.2, 0.25) is 0 Å². The maximum Gasteiger partial charge on any atom is 0.356 e. The maximum atomic E-state index is 12.9. The summed E-state index contributed by atoms with van der Waals surface area (Å²) in [7, 11) is 6.18. The fourth-order valence-corrected chi connectivity index (χ4v) is 7.43. The summed E-state index contributed by atoms with van der Waals surface area (Å²) in [5.41, 5.74) is 5.17. The minimum Gasteiger partial charge on any atom is -0.464 e. The van der Waals surface area contributed by atoms with Crippen molar-refractivity contribution in [3.8, 4) is 0 Å². The van der Waals surface area contributed by atoms with Gasteiger partial charge in [-0.25, -0.2) is 19.6 Å². The van der Waals surface area contributed by atoms with E-state index in [0.29, 0.717) is 46.4 Å². The number of carbonyl (C=O) groups is 4. The first-order chi connectivity index (χ1) is 25.1. The normalized spacial score (nSPS) is 20.1. The first-order valence-corrected chi connectivity index (χ1v) is 18.3. The van der Waals surface area contributed by atoms with Crippen molar-refractivity contribution in [2.24, 2.45) is 11.8 Å². The molecular formula is C42H50N2O8. The number of ketones is 2. The monoisotopic (exact) mass is 710 g/mol. The number of fused-ring (bicyclic) bond motifs is 2. The van der Waals surface area contributed by atoms with Crippen LogP contribution in [0.5, 0.6) is 0 Å². The van der Waals surface area contributed by atoms with Gasteiger partial charge in [-0.15, -0.1) is 0 Å². The number of aromatic nitrogens is 2. The van der Waals surface area contributed by atoms with Crippen molar-refractivity contribution in [2.45, 2.75) is 90.3 Å². The molecule has 0 radical (unpaired) electrons. The Bertz CT molecular complexity index is 1780. The van der Waals surface area contributed by atoms with Crippen LogP contribution in [0, 0.1) is 11.8 Å². The molecule has 0 spiro atoms. The van der Waals surface area contributed by atoms with Crippen LogP contribution in [-0.4, -0.2) is 74.1 Å². The first-order valence-electron chi connectivity index (χ1n) is 18.3. The molecule has 0 unspecified atom stereocenters. The number of rotatable bonds is 10. The number of aryl methyl sites for hydroxylation is 2. The molecule has 0 aliphatic heterocycles. The fourth-order valence-electron chi connectivity index (χ4n) is 7.43. The molecule has 2 heterocycles. The SMILES string of the molecule is CCc1cc2cc(C(=O)C3CCC(OC)CC3)ccc2nc1C(=O)OC.CCc1cc2cc(C(=O)C3CCC(OC)CC3)ccc2nc1C(=O)OC. The molecule has 2 fully saturated rings. The maximum absolute atomic E-state index is 12.9. The molecule has 0 atom stereocenters. The molecule has 10 nitrogen and oxygen atoms in total. The number of nitrogens with zero attached hydrogens (tertiary/aromatic N) is 2. The second-order valence-electron chi connectivity index (χ2n) is 13.6. The highest BCUT2D eigenvalue weighted by molar-refractivity contribution is 6.02. The van der Waals surface area contributed by atoms with Crippen molar-refractivity contribution in [3.63, 3.8) is 0 Å². The van der Waals surface area contributed by atoms with E-state index in [1.807, 2.05) is 62.4 Å². The van der Waals surface area contributed by atoms with Crippen LogP contribution in [0.2, 0.25) is 0 Å². The van der Waals surface area contributed by atoms with E-state index in [4.69, 9.17) is 18.9 Å². The lowest BCUT2D eigenvalue weighted by atomic mass is 9.82.